The van der Waals surface area contributed by atoms with E-state index in [1.54, 1.807) is 0 Å². The second kappa shape index (κ2) is 4.48. The van der Waals surface area contributed by atoms with Gasteiger partial charge in [-0.3, -0.25) is 5.43 Å². The Morgan fingerprint density at radius 2 is 1.58 bits per heavy atom. The lowest BCUT2D eigenvalue weighted by molar-refractivity contribution is 0.806. The summed E-state index contributed by atoms with van der Waals surface area (Å²) < 4.78 is 0. The van der Waals surface area contributed by atoms with Crippen LogP contribution in [0.2, 0.25) is 0 Å². The molecule has 7 heteroatoms. The largest absolute Gasteiger partial charge is 0.292 e. The van der Waals surface area contributed by atoms with Gasteiger partial charge < -0.3 is 0 Å². The summed E-state index contributed by atoms with van der Waals surface area (Å²) in [6, 6.07) is 0. The van der Waals surface area contributed by atoms with Crippen LogP contribution in [0.5, 0.6) is 0 Å². The van der Waals surface area contributed by atoms with E-state index in [1.165, 1.54) is 23.5 Å². The summed E-state index contributed by atoms with van der Waals surface area (Å²) in [6.45, 7) is 0. The lowest BCUT2D eigenvalue weighted by atomic mass is 10.9. The lowest BCUT2D eigenvalue weighted by Gasteiger charge is -2.01. The fourth-order valence-electron chi connectivity index (χ4n) is 0.585. The van der Waals surface area contributed by atoms with E-state index in [4.69, 9.17) is 5.84 Å². The van der Waals surface area contributed by atoms with Crippen molar-refractivity contribution in [1.82, 2.24) is 15.0 Å². The van der Waals surface area contributed by atoms with Crippen molar-refractivity contribution < 1.29 is 0 Å². The summed E-state index contributed by atoms with van der Waals surface area (Å²) in [7, 11) is 0. The number of anilines is 1. The molecular weight excluding hydrogens is 194 g/mol. The van der Waals surface area contributed by atoms with Gasteiger partial charge in [-0.25, -0.2) is 5.84 Å². The number of hydrogen-bond acceptors (Lipinski definition) is 7. The molecule has 0 amide bonds. The fraction of sp³-hybridized carbons (Fsp3) is 0.400. The van der Waals surface area contributed by atoms with Crippen molar-refractivity contribution in [2.24, 2.45) is 5.84 Å². The van der Waals surface area contributed by atoms with Crippen LogP contribution in [-0.2, 0) is 0 Å². The molecule has 0 unspecified atom stereocenters. The molecule has 3 N–H and O–H groups in total. The van der Waals surface area contributed by atoms with Crippen LogP contribution in [0.25, 0.3) is 0 Å². The number of nitrogens with one attached hydrogen (secondary N) is 1. The highest BCUT2D eigenvalue weighted by atomic mass is 32.2. The topological polar surface area (TPSA) is 76.7 Å². The van der Waals surface area contributed by atoms with Gasteiger partial charge in [-0.15, -0.1) is 0 Å². The third-order valence-electron chi connectivity index (χ3n) is 1.09. The number of nitrogens with zero attached hydrogens (tertiary/aromatic N) is 3. The second-order valence-corrected chi connectivity index (χ2v) is 3.32. The van der Waals surface area contributed by atoms with Crippen molar-refractivity contribution in [3.05, 3.63) is 0 Å². The van der Waals surface area contributed by atoms with Crippen LogP contribution in [0, 0.1) is 0 Å². The number of thioether (sulfide) groups is 2. The van der Waals surface area contributed by atoms with Crippen molar-refractivity contribution in [2.75, 3.05) is 17.9 Å². The van der Waals surface area contributed by atoms with Crippen LogP contribution in [0.3, 0.4) is 0 Å². The SMILES string of the molecule is CSc1nc(NN)nc(SC)n1. The van der Waals surface area contributed by atoms with Gasteiger partial charge in [0.2, 0.25) is 5.95 Å². The molecule has 0 aliphatic carbocycles. The minimum atomic E-state index is 0.402. The van der Waals surface area contributed by atoms with Crippen LogP contribution in [0.15, 0.2) is 10.3 Å². The van der Waals surface area contributed by atoms with Gasteiger partial charge in [0, 0.05) is 0 Å². The highest BCUT2D eigenvalue weighted by Crippen LogP contribution is 2.15. The van der Waals surface area contributed by atoms with Crippen molar-refractivity contribution in [1.29, 1.82) is 0 Å². The fourth-order valence-corrected chi connectivity index (χ4v) is 1.35. The second-order valence-electron chi connectivity index (χ2n) is 1.78. The van der Waals surface area contributed by atoms with Gasteiger partial charge in [-0.2, -0.15) is 15.0 Å². The molecule has 1 aromatic rings. The number of rotatable bonds is 3. The van der Waals surface area contributed by atoms with E-state index in [9.17, 15) is 0 Å². The number of nitrogen functional groups attached to an aromatic ring is 1. The zero-order valence-electron chi connectivity index (χ0n) is 6.74. The van der Waals surface area contributed by atoms with E-state index in [0.717, 1.165) is 0 Å². The Bertz CT molecular complexity index is 211. The van der Waals surface area contributed by atoms with Crippen LogP contribution in [-0.4, -0.2) is 27.5 Å². The first-order valence-corrected chi connectivity index (χ1v) is 5.55. The third kappa shape index (κ3) is 2.23. The molecule has 66 valence electrons. The summed E-state index contributed by atoms with van der Waals surface area (Å²) in [5.41, 5.74) is 2.39. The Kier molecular flexibility index (Phi) is 3.57. The van der Waals surface area contributed by atoms with Crippen LogP contribution >= 0.6 is 23.5 Å². The number of hydrogen-bond donors (Lipinski definition) is 2. The normalized spacial score (nSPS) is 9.92. The minimum absolute atomic E-state index is 0.402. The number of aromatic nitrogens is 3. The van der Waals surface area contributed by atoms with Crippen molar-refractivity contribution in [3.63, 3.8) is 0 Å². The first kappa shape index (κ1) is 9.56. The molecule has 0 saturated heterocycles. The Labute approximate surface area is 78.9 Å². The summed E-state index contributed by atoms with van der Waals surface area (Å²) in [5.74, 6) is 5.58. The van der Waals surface area contributed by atoms with E-state index in [-0.39, 0.29) is 0 Å². The van der Waals surface area contributed by atoms with Gasteiger partial charge in [0.25, 0.3) is 0 Å². The molecule has 1 heterocycles. The van der Waals surface area contributed by atoms with Crippen molar-refractivity contribution >= 4 is 29.5 Å². The molecule has 0 radical (unpaired) electrons. The molecule has 0 saturated carbocycles. The molecule has 0 atom stereocenters. The van der Waals surface area contributed by atoms with Crippen LogP contribution in [0.4, 0.5) is 5.95 Å². The molecule has 0 spiro atoms. The van der Waals surface area contributed by atoms with Crippen molar-refractivity contribution in [2.45, 2.75) is 10.3 Å². The Morgan fingerprint density at radius 1 is 1.08 bits per heavy atom. The van der Waals surface area contributed by atoms with Gasteiger partial charge >= 0.3 is 0 Å². The molecule has 0 fully saturated rings. The van der Waals surface area contributed by atoms with Crippen LogP contribution < -0.4 is 11.3 Å². The zero-order chi connectivity index (χ0) is 8.97. The van der Waals surface area contributed by atoms with Gasteiger partial charge in [0.05, 0.1) is 0 Å². The Morgan fingerprint density at radius 3 is 1.92 bits per heavy atom. The van der Waals surface area contributed by atoms with E-state index in [1.807, 2.05) is 12.5 Å². The average Bonchev–Trinajstić information content (AvgIpc) is 2.16. The summed E-state index contributed by atoms with van der Waals surface area (Å²) in [6.07, 6.45) is 3.81. The van der Waals surface area contributed by atoms with Gasteiger partial charge in [0.15, 0.2) is 10.3 Å². The first-order chi connectivity index (χ1) is 5.80. The Balaban J connectivity index is 3.01. The monoisotopic (exact) mass is 203 g/mol. The number of hydrazine groups is 1. The molecule has 1 rings (SSSR count). The standard InChI is InChI=1S/C5H9N5S2/c1-11-4-7-3(10-6)8-5(9-4)12-2/h6H2,1-2H3,(H,7,8,9,10). The number of nitrogens with two attached hydrogens (primary N) is 1. The zero-order valence-corrected chi connectivity index (χ0v) is 8.37. The van der Waals surface area contributed by atoms with E-state index in [2.05, 4.69) is 20.4 Å². The molecule has 1 aromatic heterocycles. The molecule has 5 nitrogen and oxygen atoms in total. The maximum atomic E-state index is 5.18. The third-order valence-corrected chi connectivity index (χ3v) is 2.18. The minimum Gasteiger partial charge on any atom is -0.292 e. The smallest absolute Gasteiger partial charge is 0.242 e. The van der Waals surface area contributed by atoms with E-state index in [0.29, 0.717) is 16.3 Å². The summed E-state index contributed by atoms with van der Waals surface area (Å²) in [5, 5.41) is 1.34. The van der Waals surface area contributed by atoms with Gasteiger partial charge in [0.1, 0.15) is 0 Å². The van der Waals surface area contributed by atoms with E-state index < -0.39 is 0 Å². The highest BCUT2D eigenvalue weighted by molar-refractivity contribution is 7.99. The molecule has 12 heavy (non-hydrogen) atoms. The van der Waals surface area contributed by atoms with E-state index >= 15 is 0 Å². The summed E-state index contributed by atoms with van der Waals surface area (Å²) >= 11 is 2.91. The Hall–Kier alpha value is -0.530. The molecule has 0 aliphatic heterocycles. The molecular formula is C5H9N5S2. The van der Waals surface area contributed by atoms with Gasteiger partial charge in [-0.1, -0.05) is 23.5 Å². The van der Waals surface area contributed by atoms with Gasteiger partial charge in [-0.05, 0) is 12.5 Å². The average molecular weight is 203 g/mol. The maximum absolute atomic E-state index is 5.18. The molecule has 0 aromatic carbocycles. The quantitative estimate of drug-likeness (QED) is 0.423. The summed E-state index contributed by atoms with van der Waals surface area (Å²) in [4.78, 5) is 12.1. The maximum Gasteiger partial charge on any atom is 0.242 e. The lowest BCUT2D eigenvalue weighted by Crippen LogP contribution is -2.11. The predicted molar refractivity (Wildman–Crippen MR) is 51.2 cm³/mol. The predicted octanol–water partition coefficient (Wildman–Crippen LogP) is 0.601. The van der Waals surface area contributed by atoms with Crippen LogP contribution in [0.1, 0.15) is 0 Å². The highest BCUT2D eigenvalue weighted by Gasteiger charge is 2.02. The first-order valence-electron chi connectivity index (χ1n) is 3.11. The molecule has 0 bridgehead atoms. The molecule has 0 aliphatic rings. The van der Waals surface area contributed by atoms with Crippen molar-refractivity contribution in [3.8, 4) is 0 Å².